The molecule has 0 radical (unpaired) electrons. The van der Waals surface area contributed by atoms with E-state index in [4.69, 9.17) is 0 Å². The van der Waals surface area contributed by atoms with Crippen LogP contribution in [0.4, 0.5) is 0 Å². The minimum absolute atomic E-state index is 0.0639. The van der Waals surface area contributed by atoms with Crippen LogP contribution in [0.1, 0.15) is 0 Å². The van der Waals surface area contributed by atoms with E-state index >= 15 is 0 Å². The van der Waals surface area contributed by atoms with Crippen LogP contribution in [0, 0.1) is 0 Å². The number of amides is 4. The van der Waals surface area contributed by atoms with Gasteiger partial charge < -0.3 is 31.9 Å². The van der Waals surface area contributed by atoms with Crippen molar-refractivity contribution in [1.29, 1.82) is 0 Å². The quantitative estimate of drug-likeness (QED) is 0.200. The van der Waals surface area contributed by atoms with Gasteiger partial charge in [0, 0.05) is 52.4 Å². The fourth-order valence-corrected chi connectivity index (χ4v) is 2.24. The molecule has 0 bridgehead atoms. The smallest absolute Gasteiger partial charge is 0.234 e. The molecule has 12 nitrogen and oxygen atoms in total. The Morgan fingerprint density at radius 1 is 0.357 bits per heavy atom. The largest absolute Gasteiger partial charge is 0.354 e. The lowest BCUT2D eigenvalue weighted by Crippen LogP contribution is -2.44. The molecule has 1 heterocycles. The second kappa shape index (κ2) is 15.7. The zero-order chi connectivity index (χ0) is 20.5. The highest BCUT2D eigenvalue weighted by molar-refractivity contribution is 5.81. The molecule has 1 aliphatic heterocycles. The van der Waals surface area contributed by atoms with Crippen molar-refractivity contribution in [2.45, 2.75) is 0 Å². The lowest BCUT2D eigenvalue weighted by atomic mass is 10.4. The zero-order valence-corrected chi connectivity index (χ0v) is 16.1. The number of rotatable bonds is 0. The number of carbonyl (C=O) groups is 4. The number of nitrogens with one attached hydrogen (secondary N) is 8. The SMILES string of the molecule is O=C1CNCC(=O)NCCNCCNC(=O)CNCC(=O)NCCNCCN1. The van der Waals surface area contributed by atoms with Crippen LogP contribution in [-0.2, 0) is 19.2 Å². The molecule has 0 aromatic carbocycles. The highest BCUT2D eigenvalue weighted by Gasteiger charge is 2.05. The third kappa shape index (κ3) is 13.9. The lowest BCUT2D eigenvalue weighted by molar-refractivity contribution is -0.122. The van der Waals surface area contributed by atoms with Crippen molar-refractivity contribution in [3.05, 3.63) is 0 Å². The third-order valence-corrected chi connectivity index (χ3v) is 3.64. The van der Waals surface area contributed by atoms with E-state index in [9.17, 15) is 19.2 Å². The summed E-state index contributed by atoms with van der Waals surface area (Å²) in [5, 5.41) is 22.6. The molecule has 1 fully saturated rings. The van der Waals surface area contributed by atoms with Crippen LogP contribution in [0.2, 0.25) is 0 Å². The van der Waals surface area contributed by atoms with E-state index in [1.54, 1.807) is 0 Å². The van der Waals surface area contributed by atoms with Crippen LogP contribution in [-0.4, -0.2) is 102 Å². The molecular weight excluding hydrogens is 368 g/mol. The lowest BCUT2D eigenvalue weighted by Gasteiger charge is -2.11. The molecule has 1 rings (SSSR count). The summed E-state index contributed by atoms with van der Waals surface area (Å²) in [5.41, 5.74) is 0. The Kier molecular flexibility index (Phi) is 13.4. The van der Waals surface area contributed by atoms with Gasteiger partial charge in [-0.1, -0.05) is 0 Å². The fraction of sp³-hybridized carbons (Fsp3) is 0.750. The van der Waals surface area contributed by atoms with Crippen LogP contribution < -0.4 is 42.5 Å². The van der Waals surface area contributed by atoms with E-state index < -0.39 is 0 Å². The Hall–Kier alpha value is -2.28. The highest BCUT2D eigenvalue weighted by Crippen LogP contribution is 1.71. The van der Waals surface area contributed by atoms with Gasteiger partial charge in [0.1, 0.15) is 0 Å². The first-order valence-corrected chi connectivity index (χ1v) is 9.47. The van der Waals surface area contributed by atoms with Crippen molar-refractivity contribution in [3.8, 4) is 0 Å². The van der Waals surface area contributed by atoms with Gasteiger partial charge in [0.15, 0.2) is 0 Å². The van der Waals surface area contributed by atoms with Crippen LogP contribution in [0.25, 0.3) is 0 Å². The van der Waals surface area contributed by atoms with Gasteiger partial charge in [-0.05, 0) is 0 Å². The molecular formula is C16H32N8O4. The Balaban J connectivity index is 2.29. The second-order valence-electron chi connectivity index (χ2n) is 6.11. The van der Waals surface area contributed by atoms with Gasteiger partial charge in [0.2, 0.25) is 23.6 Å². The Morgan fingerprint density at radius 2 is 0.607 bits per heavy atom. The van der Waals surface area contributed by atoms with Gasteiger partial charge in [-0.3, -0.25) is 29.8 Å². The van der Waals surface area contributed by atoms with E-state index in [1.807, 2.05) is 0 Å². The van der Waals surface area contributed by atoms with Crippen molar-refractivity contribution in [3.63, 3.8) is 0 Å². The summed E-state index contributed by atoms with van der Waals surface area (Å²) in [6.45, 7) is 4.30. The molecule has 0 aromatic rings. The molecule has 1 saturated heterocycles. The van der Waals surface area contributed by atoms with Crippen molar-refractivity contribution in [2.24, 2.45) is 0 Å². The summed E-state index contributed by atoms with van der Waals surface area (Å²) >= 11 is 0. The molecule has 0 aliphatic carbocycles. The predicted octanol–water partition coefficient (Wildman–Crippen LogP) is -5.18. The normalized spacial score (nSPS) is 21.4. The monoisotopic (exact) mass is 400 g/mol. The van der Waals surface area contributed by atoms with Gasteiger partial charge in [0.25, 0.3) is 0 Å². The first-order chi connectivity index (χ1) is 13.6. The van der Waals surface area contributed by atoms with Gasteiger partial charge in [0.05, 0.1) is 26.2 Å². The number of hydrogen-bond donors (Lipinski definition) is 8. The zero-order valence-electron chi connectivity index (χ0n) is 16.1. The van der Waals surface area contributed by atoms with E-state index in [0.717, 1.165) is 0 Å². The summed E-state index contributed by atoms with van der Waals surface area (Å²) in [4.78, 5) is 46.5. The summed E-state index contributed by atoms with van der Waals surface area (Å²) in [6.07, 6.45) is 0. The molecule has 28 heavy (non-hydrogen) atoms. The second-order valence-corrected chi connectivity index (χ2v) is 6.11. The Labute approximate surface area is 164 Å². The van der Waals surface area contributed by atoms with Crippen molar-refractivity contribution in [1.82, 2.24) is 42.5 Å². The molecule has 1 aliphatic rings. The van der Waals surface area contributed by atoms with E-state index in [0.29, 0.717) is 52.4 Å². The predicted molar refractivity (Wildman–Crippen MR) is 104 cm³/mol. The molecule has 8 N–H and O–H groups in total. The van der Waals surface area contributed by atoms with Gasteiger partial charge in [-0.2, -0.15) is 0 Å². The summed E-state index contributed by atoms with van der Waals surface area (Å²) in [5.74, 6) is -0.751. The van der Waals surface area contributed by atoms with Crippen LogP contribution in [0.5, 0.6) is 0 Å². The molecule has 0 aromatic heterocycles. The van der Waals surface area contributed by atoms with Gasteiger partial charge >= 0.3 is 0 Å². The number of hydrogen-bond acceptors (Lipinski definition) is 8. The van der Waals surface area contributed by atoms with Gasteiger partial charge in [-0.15, -0.1) is 0 Å². The van der Waals surface area contributed by atoms with E-state index in [-0.39, 0.29) is 49.8 Å². The maximum atomic E-state index is 11.6. The minimum Gasteiger partial charge on any atom is -0.354 e. The van der Waals surface area contributed by atoms with Crippen LogP contribution in [0.15, 0.2) is 0 Å². The van der Waals surface area contributed by atoms with Crippen molar-refractivity contribution < 1.29 is 19.2 Å². The van der Waals surface area contributed by atoms with E-state index in [2.05, 4.69) is 42.5 Å². The molecule has 0 unspecified atom stereocenters. The maximum Gasteiger partial charge on any atom is 0.234 e. The topological polar surface area (TPSA) is 165 Å². The minimum atomic E-state index is -0.188. The molecule has 0 spiro atoms. The fourth-order valence-electron chi connectivity index (χ4n) is 2.24. The van der Waals surface area contributed by atoms with E-state index in [1.165, 1.54) is 0 Å². The molecule has 4 amide bonds. The van der Waals surface area contributed by atoms with Crippen LogP contribution >= 0.6 is 0 Å². The first kappa shape index (κ1) is 23.8. The molecule has 0 saturated carbocycles. The highest BCUT2D eigenvalue weighted by atomic mass is 16.2. The first-order valence-electron chi connectivity index (χ1n) is 9.47. The Bertz CT molecular complexity index is 419. The average molecular weight is 400 g/mol. The standard InChI is InChI=1S/C16H32N8O4/c25-13-9-19-11-15(27)23-7-3-18-4-8-24-16(28)12-20-10-14(26)22-6-2-17-1-5-21-13/h17-20H,1-12H2,(H,21,25)(H,22,26)(H,23,27)(H,24,28). The van der Waals surface area contributed by atoms with Gasteiger partial charge in [-0.25, -0.2) is 0 Å². The molecule has 160 valence electrons. The molecule has 0 atom stereocenters. The Morgan fingerprint density at radius 3 is 0.857 bits per heavy atom. The maximum absolute atomic E-state index is 11.6. The average Bonchev–Trinajstić information content (AvgIpc) is 2.65. The third-order valence-electron chi connectivity index (χ3n) is 3.64. The van der Waals surface area contributed by atoms with Crippen LogP contribution in [0.3, 0.4) is 0 Å². The van der Waals surface area contributed by atoms with Crippen molar-refractivity contribution >= 4 is 23.6 Å². The molecule has 12 heteroatoms. The number of carbonyl (C=O) groups excluding carboxylic acids is 4. The van der Waals surface area contributed by atoms with Crippen molar-refractivity contribution in [2.75, 3.05) is 78.5 Å². The summed E-state index contributed by atoms with van der Waals surface area (Å²) in [6, 6.07) is 0. The summed E-state index contributed by atoms with van der Waals surface area (Å²) < 4.78 is 0. The summed E-state index contributed by atoms with van der Waals surface area (Å²) in [7, 11) is 0.